The Hall–Kier alpha value is -5.98. The van der Waals surface area contributed by atoms with Crippen LogP contribution in [0.1, 0.15) is 22.3 Å². The first-order chi connectivity index (χ1) is 23.6. The highest BCUT2D eigenvalue weighted by Gasteiger charge is 2.26. The molecule has 3 aromatic carbocycles. The molecule has 0 radical (unpaired) electrons. The summed E-state index contributed by atoms with van der Waals surface area (Å²) < 4.78 is 59.9. The Bertz CT molecular complexity index is 2080. The van der Waals surface area contributed by atoms with Gasteiger partial charge in [0.05, 0.1) is 18.4 Å². The van der Waals surface area contributed by atoms with Gasteiger partial charge < -0.3 is 24.0 Å². The number of anilines is 1. The van der Waals surface area contributed by atoms with Gasteiger partial charge in [0, 0.05) is 91.9 Å². The predicted octanol–water partition coefficient (Wildman–Crippen LogP) is 5.05. The largest absolute Gasteiger partial charge is 0.507 e. The molecule has 0 spiro atoms. The maximum absolute atomic E-state index is 14.5. The van der Waals surface area contributed by atoms with Gasteiger partial charge in [-0.1, -0.05) is 18.2 Å². The zero-order valence-electron chi connectivity index (χ0n) is 25.9. The molecule has 1 aliphatic rings. The van der Waals surface area contributed by atoms with E-state index in [-0.39, 0.29) is 30.8 Å². The van der Waals surface area contributed by atoms with Crippen LogP contribution in [0.4, 0.5) is 23.2 Å². The minimum absolute atomic E-state index is 0.0863. The molecule has 1 fully saturated rings. The third-order valence-electron chi connectivity index (χ3n) is 8.27. The lowest BCUT2D eigenvalue weighted by Gasteiger charge is -2.35. The number of aromatic nitrogens is 3. The van der Waals surface area contributed by atoms with Crippen LogP contribution in [-0.2, 0) is 22.6 Å². The molecule has 0 aliphatic carbocycles. The average molecular weight is 672 g/mol. The molecule has 6 rings (SSSR count). The number of rotatable bonds is 9. The Balaban J connectivity index is 1.21. The molecule has 0 unspecified atom stereocenters. The van der Waals surface area contributed by atoms with E-state index in [9.17, 15) is 37.1 Å². The van der Waals surface area contributed by atoms with Crippen molar-refractivity contribution >= 4 is 23.1 Å². The van der Waals surface area contributed by atoms with Gasteiger partial charge in [-0.2, -0.15) is 0 Å². The number of imidazole rings is 1. The number of carbonyl (C=O) groups is 2. The highest BCUT2D eigenvalue weighted by molar-refractivity contribution is 6.41. The van der Waals surface area contributed by atoms with Crippen LogP contribution in [-0.4, -0.2) is 62.0 Å². The monoisotopic (exact) mass is 671 g/mol. The summed E-state index contributed by atoms with van der Waals surface area (Å²) in [4.78, 5) is 47.0. The Morgan fingerprint density at radius 2 is 1.53 bits per heavy atom. The second-order valence-corrected chi connectivity index (χ2v) is 11.5. The van der Waals surface area contributed by atoms with Crippen molar-refractivity contribution in [1.29, 1.82) is 0 Å². The Kier molecular flexibility index (Phi) is 9.42. The Labute approximate surface area is 277 Å². The summed E-state index contributed by atoms with van der Waals surface area (Å²) in [5.41, 5.74) is 0.249. The van der Waals surface area contributed by atoms with E-state index in [1.165, 1.54) is 29.3 Å². The first-order valence-electron chi connectivity index (χ1n) is 15.2. The summed E-state index contributed by atoms with van der Waals surface area (Å²) in [6.07, 6.45) is 6.58. The molecule has 1 amide bonds. The molecule has 5 aromatic rings. The lowest BCUT2D eigenvalue weighted by molar-refractivity contribution is -0.142. The number of carbonyl (C=O) groups excluding carboxylic acids is 2. The quantitative estimate of drug-likeness (QED) is 0.102. The molecule has 49 heavy (non-hydrogen) atoms. The smallest absolute Gasteiger partial charge is 0.294 e. The van der Waals surface area contributed by atoms with Crippen LogP contribution < -0.4 is 10.5 Å². The van der Waals surface area contributed by atoms with E-state index in [1.54, 1.807) is 18.6 Å². The van der Waals surface area contributed by atoms with E-state index in [0.717, 1.165) is 22.0 Å². The SMILES string of the molecule is O=C(/C=C(\O)c1cc(Cc2c(F)cc(F)cc2F)cn(Cc2ccccc2F)c1=O)C(=O)N1CCN(c2ccc(-n3ccnc3)cc2)CC1. The zero-order valence-corrected chi connectivity index (χ0v) is 25.9. The van der Waals surface area contributed by atoms with Gasteiger partial charge in [0.25, 0.3) is 11.5 Å². The number of hydrogen-bond donors (Lipinski definition) is 1. The number of benzene rings is 3. The van der Waals surface area contributed by atoms with Crippen LogP contribution in [0.2, 0.25) is 0 Å². The molecule has 3 heterocycles. The fourth-order valence-electron chi connectivity index (χ4n) is 5.69. The third kappa shape index (κ3) is 7.30. The summed E-state index contributed by atoms with van der Waals surface area (Å²) in [6, 6.07) is 15.5. The Morgan fingerprint density at radius 1 is 0.857 bits per heavy atom. The van der Waals surface area contributed by atoms with Gasteiger partial charge in [0.1, 0.15) is 29.0 Å². The lowest BCUT2D eigenvalue weighted by Crippen LogP contribution is -2.50. The number of nitrogens with zero attached hydrogens (tertiary/aromatic N) is 5. The summed E-state index contributed by atoms with van der Waals surface area (Å²) in [7, 11) is 0. The maximum atomic E-state index is 14.5. The van der Waals surface area contributed by atoms with Crippen LogP contribution >= 0.6 is 0 Å². The van der Waals surface area contributed by atoms with Crippen molar-refractivity contribution in [2.45, 2.75) is 13.0 Å². The zero-order chi connectivity index (χ0) is 34.7. The molecule has 1 N–H and O–H groups in total. The first kappa shape index (κ1) is 32.9. The van der Waals surface area contributed by atoms with Crippen LogP contribution in [0.3, 0.4) is 0 Å². The Morgan fingerprint density at radius 3 is 2.18 bits per heavy atom. The predicted molar refractivity (Wildman–Crippen MR) is 173 cm³/mol. The topological polar surface area (TPSA) is 101 Å². The van der Waals surface area contributed by atoms with E-state index in [0.29, 0.717) is 31.3 Å². The first-order valence-corrected chi connectivity index (χ1v) is 15.2. The minimum atomic E-state index is -1.17. The van der Waals surface area contributed by atoms with Gasteiger partial charge in [0.2, 0.25) is 5.78 Å². The van der Waals surface area contributed by atoms with Crippen LogP contribution in [0.15, 0.2) is 103 Å². The van der Waals surface area contributed by atoms with E-state index in [1.807, 2.05) is 35.0 Å². The molecule has 0 atom stereocenters. The molecule has 2 aromatic heterocycles. The molecular formula is C36H29F4N5O4. The summed E-state index contributed by atoms with van der Waals surface area (Å²) in [5, 5.41) is 11.0. The van der Waals surface area contributed by atoms with Gasteiger partial charge in [-0.05, 0) is 42.0 Å². The van der Waals surface area contributed by atoms with Crippen molar-refractivity contribution < 1.29 is 32.3 Å². The number of hydrogen-bond acceptors (Lipinski definition) is 6. The van der Waals surface area contributed by atoms with Gasteiger partial charge in [-0.25, -0.2) is 22.5 Å². The second-order valence-electron chi connectivity index (χ2n) is 11.5. The van der Waals surface area contributed by atoms with Crippen molar-refractivity contribution in [2.75, 3.05) is 31.1 Å². The summed E-state index contributed by atoms with van der Waals surface area (Å²) in [6.45, 7) is 1.01. The highest BCUT2D eigenvalue weighted by Crippen LogP contribution is 2.22. The van der Waals surface area contributed by atoms with Gasteiger partial charge in [-0.3, -0.25) is 14.4 Å². The normalized spacial score (nSPS) is 13.5. The van der Waals surface area contributed by atoms with E-state index in [2.05, 4.69) is 9.88 Å². The lowest BCUT2D eigenvalue weighted by atomic mass is 10.0. The van der Waals surface area contributed by atoms with Crippen molar-refractivity contribution in [3.05, 3.63) is 154 Å². The molecule has 1 aliphatic heterocycles. The standard InChI is InChI=1S/C36H29F4N5O4/c37-25-17-31(39)28(32(40)18-25)15-23-16-29(35(48)45(20-23)21-24-3-1-2-4-30(24)38)33(46)19-34(47)36(49)43-13-11-42(12-14-43)26-5-7-27(8-6-26)44-10-9-41-22-44/h1-10,16-20,22,46H,11-15,21H2/b33-19-. The fraction of sp³-hybridized carbons (Fsp3) is 0.167. The van der Waals surface area contributed by atoms with Gasteiger partial charge in [0.15, 0.2) is 0 Å². The number of piperazine rings is 1. The molecule has 13 heteroatoms. The van der Waals surface area contributed by atoms with Crippen LogP contribution in [0.25, 0.3) is 11.4 Å². The van der Waals surface area contributed by atoms with E-state index in [4.69, 9.17) is 0 Å². The summed E-state index contributed by atoms with van der Waals surface area (Å²) >= 11 is 0. The fourth-order valence-corrected chi connectivity index (χ4v) is 5.69. The summed E-state index contributed by atoms with van der Waals surface area (Å²) in [5.74, 6) is -6.91. The van der Waals surface area contributed by atoms with E-state index < -0.39 is 63.8 Å². The number of amides is 1. The minimum Gasteiger partial charge on any atom is -0.507 e. The van der Waals surface area contributed by atoms with Crippen LogP contribution in [0.5, 0.6) is 0 Å². The number of halogens is 4. The number of pyridine rings is 1. The molecule has 9 nitrogen and oxygen atoms in total. The molecule has 0 bridgehead atoms. The van der Waals surface area contributed by atoms with E-state index >= 15 is 0 Å². The number of aliphatic hydroxyl groups excluding tert-OH is 1. The van der Waals surface area contributed by atoms with Crippen molar-refractivity contribution in [3.8, 4) is 5.69 Å². The number of ketones is 1. The average Bonchev–Trinajstić information content (AvgIpc) is 3.64. The molecule has 250 valence electrons. The van der Waals surface area contributed by atoms with Crippen molar-refractivity contribution in [2.24, 2.45) is 0 Å². The third-order valence-corrected chi connectivity index (χ3v) is 8.27. The maximum Gasteiger partial charge on any atom is 0.294 e. The second kappa shape index (κ2) is 14.0. The van der Waals surface area contributed by atoms with Gasteiger partial charge in [-0.15, -0.1) is 0 Å². The van der Waals surface area contributed by atoms with Crippen molar-refractivity contribution in [1.82, 2.24) is 19.0 Å². The van der Waals surface area contributed by atoms with Gasteiger partial charge >= 0.3 is 0 Å². The molecular weight excluding hydrogens is 642 g/mol. The van der Waals surface area contributed by atoms with Crippen LogP contribution in [0, 0.1) is 23.3 Å². The molecule has 0 saturated carbocycles. The van der Waals surface area contributed by atoms with Crippen molar-refractivity contribution in [3.63, 3.8) is 0 Å². The highest BCUT2D eigenvalue weighted by atomic mass is 19.1. The molecule has 1 saturated heterocycles. The number of aliphatic hydroxyl groups is 1.